The normalized spacial score (nSPS) is 33.3. The highest BCUT2D eigenvalue weighted by atomic mass is 32.1. The van der Waals surface area contributed by atoms with Gasteiger partial charge in [0.25, 0.3) is 5.12 Å². The predicted octanol–water partition coefficient (Wildman–Crippen LogP) is -1.57. The standard InChI is InChI=1S/C3H7N5S/c4-2-6-1-7-3(5,9)8-2/h1,9H,5H2,(H3,4,6,7,8). The van der Waals surface area contributed by atoms with Crippen LogP contribution in [0.3, 0.4) is 0 Å². The third-order valence-electron chi connectivity index (χ3n) is 0.752. The van der Waals surface area contributed by atoms with Crippen molar-refractivity contribution in [2.24, 2.45) is 21.5 Å². The summed E-state index contributed by atoms with van der Waals surface area (Å²) in [5.74, 6) is 0.225. The molecule has 50 valence electrons. The molecule has 0 bridgehead atoms. The summed E-state index contributed by atoms with van der Waals surface area (Å²) >= 11 is 3.85. The smallest absolute Gasteiger partial charge is 0.253 e. The molecule has 1 aliphatic rings. The molecule has 0 aromatic rings. The molecule has 0 saturated heterocycles. The van der Waals surface area contributed by atoms with E-state index >= 15 is 0 Å². The number of nitrogens with zero attached hydrogens (tertiary/aromatic N) is 2. The molecule has 0 amide bonds. The van der Waals surface area contributed by atoms with Crippen LogP contribution in [-0.2, 0) is 0 Å². The molecule has 0 aliphatic carbocycles. The van der Waals surface area contributed by atoms with E-state index < -0.39 is 5.12 Å². The fourth-order valence-corrected chi connectivity index (χ4v) is 0.597. The van der Waals surface area contributed by atoms with Gasteiger partial charge < -0.3 is 11.1 Å². The van der Waals surface area contributed by atoms with Crippen molar-refractivity contribution in [1.29, 1.82) is 0 Å². The van der Waals surface area contributed by atoms with E-state index in [0.29, 0.717) is 0 Å². The van der Waals surface area contributed by atoms with E-state index in [9.17, 15) is 0 Å². The van der Waals surface area contributed by atoms with Gasteiger partial charge in [0.05, 0.1) is 6.34 Å². The Morgan fingerprint density at radius 3 is 2.78 bits per heavy atom. The molecule has 0 aromatic heterocycles. The van der Waals surface area contributed by atoms with E-state index in [1.54, 1.807) is 0 Å². The van der Waals surface area contributed by atoms with E-state index in [1.807, 2.05) is 0 Å². The molecule has 1 aliphatic heterocycles. The minimum absolute atomic E-state index is 0.225. The zero-order valence-corrected chi connectivity index (χ0v) is 5.47. The molecule has 5 N–H and O–H groups in total. The zero-order chi connectivity index (χ0) is 6.91. The van der Waals surface area contributed by atoms with Crippen molar-refractivity contribution in [2.45, 2.75) is 5.12 Å². The van der Waals surface area contributed by atoms with E-state index in [1.165, 1.54) is 6.34 Å². The van der Waals surface area contributed by atoms with Gasteiger partial charge in [0, 0.05) is 0 Å². The second-order valence-corrected chi connectivity index (χ2v) is 2.25. The van der Waals surface area contributed by atoms with Gasteiger partial charge in [-0.15, -0.1) is 12.6 Å². The van der Waals surface area contributed by atoms with Gasteiger partial charge >= 0.3 is 0 Å². The minimum atomic E-state index is -1.19. The van der Waals surface area contributed by atoms with Crippen LogP contribution in [0.15, 0.2) is 9.98 Å². The Morgan fingerprint density at radius 1 is 1.78 bits per heavy atom. The molecule has 0 aromatic carbocycles. The molecular formula is C3H7N5S. The SMILES string of the molecule is NC1=NC(N)(S)N=CN1. The third-order valence-corrected chi connectivity index (χ3v) is 0.967. The number of rotatable bonds is 0. The molecule has 1 atom stereocenters. The monoisotopic (exact) mass is 145 g/mol. The molecule has 0 saturated carbocycles. The molecule has 9 heavy (non-hydrogen) atoms. The Labute approximate surface area is 57.6 Å². The van der Waals surface area contributed by atoms with Crippen molar-refractivity contribution in [2.75, 3.05) is 0 Å². The van der Waals surface area contributed by atoms with Crippen molar-refractivity contribution >= 4 is 24.9 Å². The summed E-state index contributed by atoms with van der Waals surface area (Å²) in [5.41, 5.74) is 10.6. The van der Waals surface area contributed by atoms with Gasteiger partial charge in [-0.25, -0.2) is 4.99 Å². The Bertz CT molecular complexity index is 171. The Hall–Kier alpha value is -0.750. The van der Waals surface area contributed by atoms with Crippen molar-refractivity contribution in [3.05, 3.63) is 0 Å². The summed E-state index contributed by atoms with van der Waals surface area (Å²) in [4.78, 5) is 7.29. The summed E-state index contributed by atoms with van der Waals surface area (Å²) in [6, 6.07) is 0. The maximum absolute atomic E-state index is 5.33. The maximum Gasteiger partial charge on any atom is 0.253 e. The van der Waals surface area contributed by atoms with Crippen LogP contribution in [0.1, 0.15) is 0 Å². The van der Waals surface area contributed by atoms with Gasteiger partial charge in [0.2, 0.25) is 0 Å². The van der Waals surface area contributed by atoms with Crippen LogP contribution in [0.5, 0.6) is 0 Å². The van der Waals surface area contributed by atoms with Crippen LogP contribution in [0, 0.1) is 0 Å². The Morgan fingerprint density at radius 2 is 2.44 bits per heavy atom. The van der Waals surface area contributed by atoms with Gasteiger partial charge in [0.1, 0.15) is 0 Å². The van der Waals surface area contributed by atoms with Crippen molar-refractivity contribution in [1.82, 2.24) is 5.32 Å². The third kappa shape index (κ3) is 1.58. The average Bonchev–Trinajstić information content (AvgIpc) is 1.60. The molecule has 0 radical (unpaired) electrons. The largest absolute Gasteiger partial charge is 0.370 e. The quantitative estimate of drug-likeness (QED) is 0.245. The molecule has 0 fully saturated rings. The van der Waals surface area contributed by atoms with E-state index in [-0.39, 0.29) is 5.96 Å². The maximum atomic E-state index is 5.33. The lowest BCUT2D eigenvalue weighted by molar-refractivity contribution is 0.678. The molecule has 1 unspecified atom stereocenters. The lowest BCUT2D eigenvalue weighted by Gasteiger charge is -2.17. The van der Waals surface area contributed by atoms with Crippen molar-refractivity contribution in [3.8, 4) is 0 Å². The van der Waals surface area contributed by atoms with Crippen LogP contribution < -0.4 is 16.8 Å². The number of nitrogens with two attached hydrogens (primary N) is 2. The predicted molar refractivity (Wildman–Crippen MR) is 39.2 cm³/mol. The summed E-state index contributed by atoms with van der Waals surface area (Å²) in [6.07, 6.45) is 1.36. The van der Waals surface area contributed by atoms with Crippen LogP contribution in [-0.4, -0.2) is 17.4 Å². The van der Waals surface area contributed by atoms with Crippen LogP contribution in [0.2, 0.25) is 0 Å². The second kappa shape index (κ2) is 1.89. The first-order valence-corrected chi connectivity index (χ1v) is 2.72. The van der Waals surface area contributed by atoms with Gasteiger partial charge in [-0.1, -0.05) is 0 Å². The van der Waals surface area contributed by atoms with E-state index in [4.69, 9.17) is 11.5 Å². The van der Waals surface area contributed by atoms with Gasteiger partial charge in [0.15, 0.2) is 5.96 Å². The van der Waals surface area contributed by atoms with E-state index in [2.05, 4.69) is 27.9 Å². The highest BCUT2D eigenvalue weighted by Gasteiger charge is 2.17. The molecule has 1 heterocycles. The Balaban J connectivity index is 2.78. The second-order valence-electron chi connectivity index (χ2n) is 1.59. The molecule has 5 nitrogen and oxygen atoms in total. The fourth-order valence-electron chi connectivity index (χ4n) is 0.432. The number of guanidine groups is 1. The van der Waals surface area contributed by atoms with Crippen molar-refractivity contribution in [3.63, 3.8) is 0 Å². The first-order valence-electron chi connectivity index (χ1n) is 2.27. The summed E-state index contributed by atoms with van der Waals surface area (Å²) in [5, 5.41) is 1.36. The summed E-state index contributed by atoms with van der Waals surface area (Å²) in [6.45, 7) is 0. The molecular weight excluding hydrogens is 138 g/mol. The topological polar surface area (TPSA) is 88.8 Å². The first-order chi connectivity index (χ1) is 4.10. The van der Waals surface area contributed by atoms with E-state index in [0.717, 1.165) is 0 Å². The highest BCUT2D eigenvalue weighted by molar-refractivity contribution is 7.81. The number of thiol groups is 1. The minimum Gasteiger partial charge on any atom is -0.370 e. The fraction of sp³-hybridized carbons (Fsp3) is 0.333. The van der Waals surface area contributed by atoms with Crippen LogP contribution >= 0.6 is 12.6 Å². The molecule has 0 spiro atoms. The number of aliphatic imine (C=N–C) groups is 2. The average molecular weight is 145 g/mol. The number of hydrogen-bond donors (Lipinski definition) is 4. The lowest BCUT2D eigenvalue weighted by Crippen LogP contribution is -2.42. The van der Waals surface area contributed by atoms with Gasteiger partial charge in [-0.05, 0) is 0 Å². The van der Waals surface area contributed by atoms with Crippen LogP contribution in [0.4, 0.5) is 0 Å². The number of nitrogens with one attached hydrogen (secondary N) is 1. The first kappa shape index (κ1) is 6.37. The van der Waals surface area contributed by atoms with Crippen molar-refractivity contribution < 1.29 is 0 Å². The lowest BCUT2D eigenvalue weighted by atomic mass is 10.7. The zero-order valence-electron chi connectivity index (χ0n) is 4.57. The summed E-state index contributed by atoms with van der Waals surface area (Å²) < 4.78 is 0. The molecule has 1 rings (SSSR count). The van der Waals surface area contributed by atoms with Gasteiger partial charge in [-0.3, -0.25) is 5.73 Å². The summed E-state index contributed by atoms with van der Waals surface area (Å²) in [7, 11) is 0. The van der Waals surface area contributed by atoms with Gasteiger partial charge in [-0.2, -0.15) is 4.99 Å². The Kier molecular flexibility index (Phi) is 1.34. The van der Waals surface area contributed by atoms with Crippen LogP contribution in [0.25, 0.3) is 0 Å². The number of hydrogen-bond acceptors (Lipinski definition) is 6. The molecule has 6 heteroatoms. The highest BCUT2D eigenvalue weighted by Crippen LogP contribution is 2.09.